The van der Waals surface area contributed by atoms with Crippen molar-refractivity contribution in [2.24, 2.45) is 0 Å². The zero-order chi connectivity index (χ0) is 20.2. The Balaban J connectivity index is 1.42. The van der Waals surface area contributed by atoms with Crippen molar-refractivity contribution in [1.29, 1.82) is 0 Å². The summed E-state index contributed by atoms with van der Waals surface area (Å²) in [6.07, 6.45) is 1.48. The summed E-state index contributed by atoms with van der Waals surface area (Å²) < 4.78 is 11.7. The monoisotopic (exact) mass is 392 g/mol. The Kier molecular flexibility index (Phi) is 5.51. The van der Waals surface area contributed by atoms with Crippen LogP contribution in [0.5, 0.6) is 11.5 Å². The van der Waals surface area contributed by atoms with Crippen LogP contribution < -0.4 is 15.0 Å². The highest BCUT2D eigenvalue weighted by atomic mass is 16.5. The van der Waals surface area contributed by atoms with Crippen molar-refractivity contribution in [3.63, 3.8) is 0 Å². The molecule has 6 heteroatoms. The van der Waals surface area contributed by atoms with Crippen molar-refractivity contribution < 1.29 is 14.3 Å². The zero-order valence-corrected chi connectivity index (χ0v) is 16.4. The van der Waals surface area contributed by atoms with Crippen LogP contribution in [-0.4, -0.2) is 41.6 Å². The van der Waals surface area contributed by atoms with Gasteiger partial charge in [-0.3, -0.25) is 9.59 Å². The fraction of sp³-hybridized carbons (Fsp3) is 0.304. The predicted octanol–water partition coefficient (Wildman–Crippen LogP) is 3.61. The number of amides is 1. The van der Waals surface area contributed by atoms with Gasteiger partial charge in [0.25, 0.3) is 11.5 Å². The van der Waals surface area contributed by atoms with Crippen molar-refractivity contribution in [3.05, 3.63) is 70.6 Å². The van der Waals surface area contributed by atoms with E-state index < -0.39 is 0 Å². The number of aromatic amines is 1. The molecule has 3 aromatic rings. The molecule has 2 heterocycles. The molecule has 0 aliphatic carbocycles. The third kappa shape index (κ3) is 4.11. The van der Waals surface area contributed by atoms with Crippen LogP contribution in [0.4, 0.5) is 0 Å². The quantitative estimate of drug-likeness (QED) is 0.720. The van der Waals surface area contributed by atoms with Crippen molar-refractivity contribution >= 4 is 16.7 Å². The molecule has 1 N–H and O–H groups in total. The Bertz CT molecular complexity index is 1070. The van der Waals surface area contributed by atoms with E-state index in [1.165, 1.54) is 0 Å². The normalized spacial score (nSPS) is 14.7. The Morgan fingerprint density at radius 2 is 1.76 bits per heavy atom. The lowest BCUT2D eigenvalue weighted by Crippen LogP contribution is -2.42. The first kappa shape index (κ1) is 19.1. The number of H-pyrrole nitrogens is 1. The molecule has 1 aliphatic heterocycles. The number of fused-ring (bicyclic) bond motifs is 1. The van der Waals surface area contributed by atoms with E-state index in [-0.39, 0.29) is 17.6 Å². The minimum absolute atomic E-state index is 0.0244. The number of nitrogens with zero attached hydrogens (tertiary/aromatic N) is 1. The van der Waals surface area contributed by atoms with Gasteiger partial charge in [-0.2, -0.15) is 0 Å². The molecular formula is C23H24N2O4. The highest BCUT2D eigenvalue weighted by Gasteiger charge is 2.26. The number of aromatic nitrogens is 1. The summed E-state index contributed by atoms with van der Waals surface area (Å²) in [7, 11) is 0. The van der Waals surface area contributed by atoms with Crippen LogP contribution in [0.15, 0.2) is 59.4 Å². The molecule has 2 aromatic carbocycles. The molecule has 0 unspecified atom stereocenters. The largest absolute Gasteiger partial charge is 0.490 e. The number of pyridine rings is 1. The summed E-state index contributed by atoms with van der Waals surface area (Å²) in [5.41, 5.74) is 0.0898. The van der Waals surface area contributed by atoms with Crippen LogP contribution in [0.1, 0.15) is 30.3 Å². The van der Waals surface area contributed by atoms with Crippen LogP contribution in [0.2, 0.25) is 0 Å². The first-order valence-electron chi connectivity index (χ1n) is 9.95. The second-order valence-corrected chi connectivity index (χ2v) is 7.09. The van der Waals surface area contributed by atoms with Crippen LogP contribution >= 0.6 is 0 Å². The summed E-state index contributed by atoms with van der Waals surface area (Å²) >= 11 is 0. The fourth-order valence-corrected chi connectivity index (χ4v) is 3.68. The standard InChI is InChI=1S/C23H24N2O4/c1-2-28-20-9-5-6-10-21(20)29-17-11-13-25(14-12-17)23(27)19-15-16-7-3-4-8-18(16)22(26)24-19/h3-10,15,17H,2,11-14H2,1H3,(H,24,26). The van der Waals surface area contributed by atoms with Gasteiger partial charge in [0.15, 0.2) is 11.5 Å². The highest BCUT2D eigenvalue weighted by Crippen LogP contribution is 2.29. The maximum absolute atomic E-state index is 12.9. The van der Waals surface area contributed by atoms with Crippen molar-refractivity contribution in [3.8, 4) is 11.5 Å². The number of ether oxygens (including phenoxy) is 2. The molecule has 0 spiro atoms. The van der Waals surface area contributed by atoms with Crippen molar-refractivity contribution in [2.75, 3.05) is 19.7 Å². The minimum Gasteiger partial charge on any atom is -0.490 e. The molecule has 0 atom stereocenters. The van der Waals surface area contributed by atoms with E-state index in [2.05, 4.69) is 4.98 Å². The molecule has 0 bridgehead atoms. The third-order valence-electron chi connectivity index (χ3n) is 5.16. The average molecular weight is 392 g/mol. The SMILES string of the molecule is CCOc1ccccc1OC1CCN(C(=O)c2cc3ccccc3c(=O)[nH]2)CC1. The maximum atomic E-state index is 12.9. The van der Waals surface area contributed by atoms with E-state index in [0.29, 0.717) is 30.8 Å². The second-order valence-electron chi connectivity index (χ2n) is 7.09. The van der Waals surface area contributed by atoms with E-state index in [4.69, 9.17) is 9.47 Å². The van der Waals surface area contributed by atoms with Gasteiger partial charge in [0.2, 0.25) is 0 Å². The molecule has 0 saturated carbocycles. The molecule has 0 radical (unpaired) electrons. The van der Waals surface area contributed by atoms with Gasteiger partial charge in [-0.05, 0) is 36.6 Å². The third-order valence-corrected chi connectivity index (χ3v) is 5.16. The number of carbonyl (C=O) groups excluding carboxylic acids is 1. The first-order chi connectivity index (χ1) is 14.2. The number of piperidine rings is 1. The van der Waals surface area contributed by atoms with Gasteiger partial charge in [-0.15, -0.1) is 0 Å². The fourth-order valence-electron chi connectivity index (χ4n) is 3.68. The molecule has 6 nitrogen and oxygen atoms in total. The van der Waals surface area contributed by atoms with Crippen molar-refractivity contribution in [2.45, 2.75) is 25.9 Å². The van der Waals surface area contributed by atoms with Crippen LogP contribution in [-0.2, 0) is 0 Å². The molecule has 29 heavy (non-hydrogen) atoms. The van der Waals surface area contributed by atoms with Crippen LogP contribution in [0, 0.1) is 0 Å². The first-order valence-corrected chi connectivity index (χ1v) is 9.95. The smallest absolute Gasteiger partial charge is 0.270 e. The predicted molar refractivity (Wildman–Crippen MR) is 112 cm³/mol. The highest BCUT2D eigenvalue weighted by molar-refractivity contribution is 5.96. The van der Waals surface area contributed by atoms with E-state index in [1.54, 1.807) is 17.0 Å². The molecule has 1 aliphatic rings. The zero-order valence-electron chi connectivity index (χ0n) is 16.4. The molecule has 1 saturated heterocycles. The van der Waals surface area contributed by atoms with E-state index >= 15 is 0 Å². The lowest BCUT2D eigenvalue weighted by Gasteiger charge is -2.32. The molecule has 1 aromatic heterocycles. The number of hydrogen-bond donors (Lipinski definition) is 1. The topological polar surface area (TPSA) is 71.6 Å². The van der Waals surface area contributed by atoms with Crippen molar-refractivity contribution in [1.82, 2.24) is 9.88 Å². The van der Waals surface area contributed by atoms with Gasteiger partial charge >= 0.3 is 0 Å². The Morgan fingerprint density at radius 1 is 1.07 bits per heavy atom. The van der Waals surface area contributed by atoms with Gasteiger partial charge in [-0.1, -0.05) is 30.3 Å². The molecule has 4 rings (SSSR count). The Morgan fingerprint density at radius 3 is 2.52 bits per heavy atom. The summed E-state index contributed by atoms with van der Waals surface area (Å²) in [6.45, 7) is 3.68. The maximum Gasteiger partial charge on any atom is 0.270 e. The average Bonchev–Trinajstić information content (AvgIpc) is 2.75. The molecule has 1 fully saturated rings. The Labute approximate surface area is 169 Å². The van der Waals surface area contributed by atoms with Crippen LogP contribution in [0.25, 0.3) is 10.8 Å². The lowest BCUT2D eigenvalue weighted by molar-refractivity contribution is 0.0584. The number of rotatable bonds is 5. The van der Waals surface area contributed by atoms with E-state index in [9.17, 15) is 9.59 Å². The number of nitrogens with one attached hydrogen (secondary N) is 1. The van der Waals surface area contributed by atoms with Gasteiger partial charge in [0.1, 0.15) is 11.8 Å². The lowest BCUT2D eigenvalue weighted by atomic mass is 10.1. The second kappa shape index (κ2) is 8.39. The van der Waals surface area contributed by atoms with E-state index in [1.807, 2.05) is 49.4 Å². The summed E-state index contributed by atoms with van der Waals surface area (Å²) in [5.74, 6) is 1.32. The van der Waals surface area contributed by atoms with Crippen LogP contribution in [0.3, 0.4) is 0 Å². The van der Waals surface area contributed by atoms with Gasteiger partial charge in [-0.25, -0.2) is 0 Å². The van der Waals surface area contributed by atoms with Gasteiger partial charge < -0.3 is 19.4 Å². The Hall–Kier alpha value is -3.28. The number of hydrogen-bond acceptors (Lipinski definition) is 4. The van der Waals surface area contributed by atoms with Gasteiger partial charge in [0.05, 0.1) is 6.61 Å². The minimum atomic E-state index is -0.239. The number of para-hydroxylation sites is 2. The number of benzene rings is 2. The summed E-state index contributed by atoms with van der Waals surface area (Å²) in [6, 6.07) is 16.7. The van der Waals surface area contributed by atoms with Gasteiger partial charge in [0, 0.05) is 31.3 Å². The molecular weight excluding hydrogens is 368 g/mol. The molecule has 150 valence electrons. The van der Waals surface area contributed by atoms with E-state index in [0.717, 1.165) is 29.7 Å². The number of carbonyl (C=O) groups is 1. The molecule has 1 amide bonds. The number of likely N-dealkylation sites (tertiary alicyclic amines) is 1. The summed E-state index contributed by atoms with van der Waals surface area (Å²) in [4.78, 5) is 29.7. The summed E-state index contributed by atoms with van der Waals surface area (Å²) in [5, 5.41) is 1.36.